The van der Waals surface area contributed by atoms with E-state index in [1.807, 2.05) is 0 Å². The Bertz CT molecular complexity index is 1020. The summed E-state index contributed by atoms with van der Waals surface area (Å²) in [4.78, 5) is 27.3. The fourth-order valence-corrected chi connectivity index (χ4v) is 2.91. The zero-order valence-electron chi connectivity index (χ0n) is 14.6. The quantitative estimate of drug-likeness (QED) is 0.570. The minimum absolute atomic E-state index is 0.0684. The van der Waals surface area contributed by atoms with Gasteiger partial charge in [-0.05, 0) is 35.9 Å². The van der Waals surface area contributed by atoms with Crippen LogP contribution in [0.5, 0.6) is 11.5 Å². The molecule has 1 aliphatic rings. The van der Waals surface area contributed by atoms with Crippen molar-refractivity contribution in [3.63, 3.8) is 0 Å². The Morgan fingerprint density at radius 3 is 2.68 bits per heavy atom. The number of methoxy groups -OCH3 is 1. The molecule has 144 valence electrons. The van der Waals surface area contributed by atoms with Gasteiger partial charge in [-0.25, -0.2) is 9.79 Å². The third-order valence-corrected chi connectivity index (χ3v) is 4.25. The third kappa shape index (κ3) is 4.27. The standard InChI is InChI=1S/C19H14Cl2N2O5/c1-26-15-8-10(6-13(21)17(15)27-9-16(22)24)7-14-19(25)28-18(23-14)11-4-2-3-5-12(11)20/h2-8H,9H2,1H3,(H2,22,24)/b14-7-. The number of nitrogens with zero attached hydrogens (tertiary/aromatic N) is 1. The molecule has 2 aromatic carbocycles. The van der Waals surface area contributed by atoms with Crippen molar-refractivity contribution in [2.45, 2.75) is 0 Å². The van der Waals surface area contributed by atoms with Crippen LogP contribution in [0.25, 0.3) is 6.08 Å². The summed E-state index contributed by atoms with van der Waals surface area (Å²) in [5.41, 5.74) is 6.17. The Balaban J connectivity index is 1.94. The van der Waals surface area contributed by atoms with E-state index < -0.39 is 11.9 Å². The molecule has 0 radical (unpaired) electrons. The number of rotatable bonds is 6. The number of carbonyl (C=O) groups is 2. The first-order chi connectivity index (χ1) is 13.4. The minimum Gasteiger partial charge on any atom is -0.493 e. The number of amides is 1. The number of esters is 1. The van der Waals surface area contributed by atoms with E-state index in [0.29, 0.717) is 16.1 Å². The van der Waals surface area contributed by atoms with Crippen molar-refractivity contribution in [1.82, 2.24) is 0 Å². The molecule has 0 unspecified atom stereocenters. The van der Waals surface area contributed by atoms with Crippen LogP contribution in [-0.2, 0) is 14.3 Å². The molecule has 0 atom stereocenters. The average Bonchev–Trinajstić information content (AvgIpc) is 3.00. The Labute approximate surface area is 170 Å². The van der Waals surface area contributed by atoms with Crippen molar-refractivity contribution in [3.8, 4) is 11.5 Å². The summed E-state index contributed by atoms with van der Waals surface area (Å²) in [6.45, 7) is -0.353. The first kappa shape index (κ1) is 19.7. The van der Waals surface area contributed by atoms with E-state index in [2.05, 4.69) is 4.99 Å². The van der Waals surface area contributed by atoms with Crippen molar-refractivity contribution >= 4 is 47.1 Å². The smallest absolute Gasteiger partial charge is 0.363 e. The number of hydrogen-bond acceptors (Lipinski definition) is 6. The van der Waals surface area contributed by atoms with Gasteiger partial charge in [0.25, 0.3) is 5.91 Å². The SMILES string of the molecule is COc1cc(/C=C2\N=C(c3ccccc3Cl)OC2=O)cc(Cl)c1OCC(N)=O. The second-order valence-corrected chi connectivity index (χ2v) is 6.42. The lowest BCUT2D eigenvalue weighted by molar-refractivity contribution is -0.130. The lowest BCUT2D eigenvalue weighted by atomic mass is 10.1. The van der Waals surface area contributed by atoms with Gasteiger partial charge in [0.2, 0.25) is 5.90 Å². The largest absolute Gasteiger partial charge is 0.493 e. The predicted octanol–water partition coefficient (Wildman–Crippen LogP) is 3.21. The number of cyclic esters (lactones) is 1. The van der Waals surface area contributed by atoms with Crippen LogP contribution in [0.4, 0.5) is 0 Å². The first-order valence-corrected chi connectivity index (χ1v) is 8.70. The number of benzene rings is 2. The zero-order chi connectivity index (χ0) is 20.3. The van der Waals surface area contributed by atoms with Crippen LogP contribution in [0.3, 0.4) is 0 Å². The molecule has 1 heterocycles. The van der Waals surface area contributed by atoms with Gasteiger partial charge in [0.1, 0.15) is 0 Å². The van der Waals surface area contributed by atoms with Crippen LogP contribution in [0.1, 0.15) is 11.1 Å². The monoisotopic (exact) mass is 420 g/mol. The second kappa shape index (κ2) is 8.33. The van der Waals surface area contributed by atoms with Gasteiger partial charge in [0.05, 0.1) is 22.7 Å². The van der Waals surface area contributed by atoms with Crippen LogP contribution in [0.2, 0.25) is 10.0 Å². The first-order valence-electron chi connectivity index (χ1n) is 7.95. The van der Waals surface area contributed by atoms with Crippen LogP contribution in [0.15, 0.2) is 47.1 Å². The minimum atomic E-state index is -0.653. The van der Waals surface area contributed by atoms with Crippen molar-refractivity contribution in [1.29, 1.82) is 0 Å². The van der Waals surface area contributed by atoms with E-state index in [1.54, 1.807) is 30.3 Å². The maximum Gasteiger partial charge on any atom is 0.363 e. The normalized spacial score (nSPS) is 14.6. The molecule has 0 spiro atoms. The highest BCUT2D eigenvalue weighted by molar-refractivity contribution is 6.34. The molecule has 0 saturated carbocycles. The summed E-state index contributed by atoms with van der Waals surface area (Å²) in [5, 5.41) is 0.588. The summed E-state index contributed by atoms with van der Waals surface area (Å²) < 4.78 is 15.7. The van der Waals surface area contributed by atoms with Gasteiger partial charge in [0, 0.05) is 0 Å². The highest BCUT2D eigenvalue weighted by atomic mass is 35.5. The molecule has 2 N–H and O–H groups in total. The van der Waals surface area contributed by atoms with Crippen LogP contribution in [0, 0.1) is 0 Å². The maximum atomic E-state index is 12.2. The molecule has 0 aromatic heterocycles. The lowest BCUT2D eigenvalue weighted by Crippen LogP contribution is -2.20. The Morgan fingerprint density at radius 1 is 1.25 bits per heavy atom. The van der Waals surface area contributed by atoms with Crippen LogP contribution >= 0.6 is 23.2 Å². The molecular formula is C19H14Cl2N2O5. The van der Waals surface area contributed by atoms with Crippen LogP contribution in [-0.4, -0.2) is 31.5 Å². The molecule has 0 bridgehead atoms. The van der Waals surface area contributed by atoms with Gasteiger partial charge in [0.15, 0.2) is 23.8 Å². The molecule has 0 aliphatic carbocycles. The highest BCUT2D eigenvalue weighted by Gasteiger charge is 2.25. The molecule has 28 heavy (non-hydrogen) atoms. The Hall–Kier alpha value is -3.03. The van der Waals surface area contributed by atoms with Crippen molar-refractivity contribution in [3.05, 3.63) is 63.3 Å². The van der Waals surface area contributed by atoms with E-state index in [0.717, 1.165) is 0 Å². The zero-order valence-corrected chi connectivity index (χ0v) is 16.1. The number of hydrogen-bond donors (Lipinski definition) is 1. The summed E-state index contributed by atoms with van der Waals surface area (Å²) >= 11 is 12.3. The molecule has 9 heteroatoms. The summed E-state index contributed by atoms with van der Waals surface area (Å²) in [7, 11) is 1.41. The van der Waals surface area contributed by atoms with Crippen molar-refractivity contribution in [2.24, 2.45) is 10.7 Å². The summed E-state index contributed by atoms with van der Waals surface area (Å²) in [5.74, 6) is -0.735. The van der Waals surface area contributed by atoms with Gasteiger partial charge < -0.3 is 19.9 Å². The van der Waals surface area contributed by atoms with Crippen molar-refractivity contribution < 1.29 is 23.8 Å². The summed E-state index contributed by atoms with van der Waals surface area (Å²) in [6, 6.07) is 9.99. The van der Waals surface area contributed by atoms with Gasteiger partial charge in [-0.3, -0.25) is 4.79 Å². The van der Waals surface area contributed by atoms with Crippen molar-refractivity contribution in [2.75, 3.05) is 13.7 Å². The van der Waals surface area contributed by atoms with Crippen LogP contribution < -0.4 is 15.2 Å². The Kier molecular flexibility index (Phi) is 5.87. The number of carbonyl (C=O) groups excluding carboxylic acids is 2. The number of halogens is 2. The molecular weight excluding hydrogens is 407 g/mol. The Morgan fingerprint density at radius 2 is 2.00 bits per heavy atom. The topological polar surface area (TPSA) is 100 Å². The molecule has 1 amide bonds. The van der Waals surface area contributed by atoms with Gasteiger partial charge in [-0.2, -0.15) is 0 Å². The lowest BCUT2D eigenvalue weighted by Gasteiger charge is -2.12. The van der Waals surface area contributed by atoms with E-state index in [4.69, 9.17) is 43.1 Å². The van der Waals surface area contributed by atoms with Gasteiger partial charge in [-0.1, -0.05) is 35.3 Å². The number of ether oxygens (including phenoxy) is 3. The fraction of sp³-hybridized carbons (Fsp3) is 0.105. The van der Waals surface area contributed by atoms with E-state index in [1.165, 1.54) is 19.3 Å². The third-order valence-electron chi connectivity index (χ3n) is 3.64. The maximum absolute atomic E-state index is 12.2. The second-order valence-electron chi connectivity index (χ2n) is 5.60. The van der Waals surface area contributed by atoms with E-state index in [-0.39, 0.29) is 34.7 Å². The molecule has 3 rings (SSSR count). The highest BCUT2D eigenvalue weighted by Crippen LogP contribution is 2.37. The average molecular weight is 421 g/mol. The number of primary amides is 1. The van der Waals surface area contributed by atoms with Gasteiger partial charge >= 0.3 is 5.97 Å². The molecule has 0 saturated heterocycles. The molecule has 2 aromatic rings. The number of nitrogens with two attached hydrogens (primary N) is 1. The fourth-order valence-electron chi connectivity index (χ4n) is 2.42. The van der Waals surface area contributed by atoms with Gasteiger partial charge in [-0.15, -0.1) is 0 Å². The predicted molar refractivity (Wildman–Crippen MR) is 105 cm³/mol. The molecule has 7 nitrogen and oxygen atoms in total. The molecule has 1 aliphatic heterocycles. The van der Waals surface area contributed by atoms with E-state index in [9.17, 15) is 9.59 Å². The number of aliphatic imine (C=N–C) groups is 1. The summed E-state index contributed by atoms with van der Waals surface area (Å²) in [6.07, 6.45) is 1.48. The van der Waals surface area contributed by atoms with E-state index >= 15 is 0 Å². The molecule has 0 fully saturated rings.